The number of carbonyl (C=O) groups is 1. The molecule has 0 saturated heterocycles. The topological polar surface area (TPSA) is 92.2 Å². The van der Waals surface area contributed by atoms with Crippen LogP contribution in [0.2, 0.25) is 0 Å². The number of thioether (sulfide) groups is 1. The summed E-state index contributed by atoms with van der Waals surface area (Å²) >= 11 is 2.73. The third-order valence-corrected chi connectivity index (χ3v) is 6.09. The van der Waals surface area contributed by atoms with E-state index in [1.807, 2.05) is 35.7 Å². The molecule has 0 bridgehead atoms. The van der Waals surface area contributed by atoms with Crippen LogP contribution in [0.1, 0.15) is 10.5 Å². The van der Waals surface area contributed by atoms with Gasteiger partial charge in [-0.3, -0.25) is 4.79 Å². The molecule has 9 heteroatoms. The Hall–Kier alpha value is -3.17. The van der Waals surface area contributed by atoms with Crippen molar-refractivity contribution in [1.82, 2.24) is 10.3 Å². The van der Waals surface area contributed by atoms with Gasteiger partial charge >= 0.3 is 5.69 Å². The number of benzene rings is 2. The molecule has 7 nitrogen and oxygen atoms in total. The molecular weight excluding hydrogens is 410 g/mol. The zero-order valence-electron chi connectivity index (χ0n) is 15.3. The highest BCUT2D eigenvalue weighted by Gasteiger charge is 2.27. The Morgan fingerprint density at radius 1 is 1.21 bits per heavy atom. The minimum Gasteiger partial charge on any atom is -0.539 e. The van der Waals surface area contributed by atoms with Crippen molar-refractivity contribution in [2.75, 3.05) is 12.9 Å². The van der Waals surface area contributed by atoms with Crippen LogP contribution in [-0.4, -0.2) is 28.9 Å². The third-order valence-electron chi connectivity index (χ3n) is 4.07. The number of Topliss-reactive ketones (excluding diaryl/α,β-unsaturated/α-hetero) is 1. The smallest absolute Gasteiger partial charge is 0.307 e. The molecule has 4 aromatic rings. The van der Waals surface area contributed by atoms with Gasteiger partial charge in [-0.2, -0.15) is 0 Å². The average Bonchev–Trinajstić information content (AvgIpc) is 3.39. The number of ether oxygens (including phenoxy) is 1. The zero-order chi connectivity index (χ0) is 20.2. The molecule has 0 amide bonds. The summed E-state index contributed by atoms with van der Waals surface area (Å²) in [6.07, 6.45) is 0. The SMILES string of the molecule is COc1ccc(-[n+]2noc([O-])c2C(=O)CSc2nc(-c3ccccc3)cs2)cc1. The summed E-state index contributed by atoms with van der Waals surface area (Å²) < 4.78 is 11.8. The molecule has 2 heterocycles. The predicted molar refractivity (Wildman–Crippen MR) is 107 cm³/mol. The second-order valence-corrected chi connectivity index (χ2v) is 7.98. The number of ketones is 1. The van der Waals surface area contributed by atoms with Crippen LogP contribution < -0.4 is 14.5 Å². The first-order valence-electron chi connectivity index (χ1n) is 8.56. The number of methoxy groups -OCH3 is 1. The molecule has 0 unspecified atom stereocenters. The minimum absolute atomic E-state index is 0.0500. The van der Waals surface area contributed by atoms with Gasteiger partial charge in [-0.15, -0.1) is 11.3 Å². The van der Waals surface area contributed by atoms with Crippen LogP contribution in [0.5, 0.6) is 11.7 Å². The number of nitrogens with zero attached hydrogens (tertiary/aromatic N) is 3. The van der Waals surface area contributed by atoms with Gasteiger partial charge in [-0.05, 0) is 16.8 Å². The number of aromatic nitrogens is 3. The number of hydrogen-bond acceptors (Lipinski definition) is 8. The van der Waals surface area contributed by atoms with E-state index in [2.05, 4.69) is 10.3 Å². The molecule has 0 fully saturated rings. The predicted octanol–water partition coefficient (Wildman–Crippen LogP) is 3.13. The molecule has 146 valence electrons. The summed E-state index contributed by atoms with van der Waals surface area (Å²) in [7, 11) is 1.56. The molecule has 0 aliphatic heterocycles. The van der Waals surface area contributed by atoms with Gasteiger partial charge < -0.3 is 14.4 Å². The van der Waals surface area contributed by atoms with Crippen molar-refractivity contribution in [3.05, 3.63) is 65.7 Å². The zero-order valence-corrected chi connectivity index (χ0v) is 16.9. The Morgan fingerprint density at radius 3 is 2.69 bits per heavy atom. The molecule has 0 atom stereocenters. The Labute approximate surface area is 174 Å². The van der Waals surface area contributed by atoms with Crippen LogP contribution in [0.3, 0.4) is 0 Å². The van der Waals surface area contributed by atoms with Crippen LogP contribution in [0.4, 0.5) is 0 Å². The Kier molecular flexibility index (Phi) is 5.59. The highest BCUT2D eigenvalue weighted by Crippen LogP contribution is 2.29. The summed E-state index contributed by atoms with van der Waals surface area (Å²) in [5.74, 6) is -0.445. The maximum atomic E-state index is 12.7. The van der Waals surface area contributed by atoms with Crippen molar-refractivity contribution in [1.29, 1.82) is 0 Å². The highest BCUT2D eigenvalue weighted by molar-refractivity contribution is 8.01. The van der Waals surface area contributed by atoms with Gasteiger partial charge in [0.1, 0.15) is 5.75 Å². The molecular formula is C20H15N3O4S2. The van der Waals surface area contributed by atoms with E-state index in [4.69, 9.17) is 9.26 Å². The first-order chi connectivity index (χ1) is 14.2. The molecule has 29 heavy (non-hydrogen) atoms. The fraction of sp³-hybridized carbons (Fsp3) is 0.100. The monoisotopic (exact) mass is 425 g/mol. The van der Waals surface area contributed by atoms with Crippen LogP contribution >= 0.6 is 23.1 Å². The molecule has 4 rings (SSSR count). The second-order valence-electron chi connectivity index (χ2n) is 5.90. The van der Waals surface area contributed by atoms with Gasteiger partial charge in [0, 0.05) is 23.1 Å². The lowest BCUT2D eigenvalue weighted by Gasteiger charge is -1.99. The van der Waals surface area contributed by atoms with E-state index in [1.165, 1.54) is 27.8 Å². The van der Waals surface area contributed by atoms with Gasteiger partial charge in [0.25, 0.3) is 0 Å². The van der Waals surface area contributed by atoms with Crippen LogP contribution in [-0.2, 0) is 0 Å². The van der Waals surface area contributed by atoms with E-state index in [0.717, 1.165) is 15.6 Å². The lowest BCUT2D eigenvalue weighted by molar-refractivity contribution is -0.672. The maximum absolute atomic E-state index is 12.7. The van der Waals surface area contributed by atoms with Gasteiger partial charge in [-0.1, -0.05) is 42.1 Å². The van der Waals surface area contributed by atoms with Crippen molar-refractivity contribution in [3.8, 4) is 28.6 Å². The molecule has 0 N–H and O–H groups in total. The third kappa shape index (κ3) is 4.15. The first-order valence-corrected chi connectivity index (χ1v) is 10.4. The average molecular weight is 425 g/mol. The number of thiazole rings is 1. The lowest BCUT2D eigenvalue weighted by Crippen LogP contribution is -2.39. The van der Waals surface area contributed by atoms with Gasteiger partial charge in [0.15, 0.2) is 10.3 Å². The lowest BCUT2D eigenvalue weighted by atomic mass is 10.2. The molecule has 2 aromatic carbocycles. The Bertz CT molecular complexity index is 1120. The van der Waals surface area contributed by atoms with Crippen LogP contribution in [0.25, 0.3) is 16.9 Å². The number of hydrogen-bond donors (Lipinski definition) is 0. The first kappa shape index (κ1) is 19.2. The summed E-state index contributed by atoms with van der Waals surface area (Å²) in [5.41, 5.74) is 2.28. The maximum Gasteiger partial charge on any atom is 0.307 e. The molecule has 0 spiro atoms. The quantitative estimate of drug-likeness (QED) is 0.255. The summed E-state index contributed by atoms with van der Waals surface area (Å²) in [6, 6.07) is 16.6. The minimum atomic E-state index is -0.768. The molecule has 0 saturated carbocycles. The number of carbonyl (C=O) groups excluding carboxylic acids is 1. The summed E-state index contributed by atoms with van der Waals surface area (Å²) in [6.45, 7) is 0. The molecule has 0 radical (unpaired) electrons. The number of rotatable bonds is 7. The molecule has 0 aliphatic rings. The van der Waals surface area contributed by atoms with E-state index in [0.29, 0.717) is 11.4 Å². The molecule has 0 aliphatic carbocycles. The van der Waals surface area contributed by atoms with E-state index in [1.54, 1.807) is 31.4 Å². The normalized spacial score (nSPS) is 10.8. The van der Waals surface area contributed by atoms with Crippen molar-refractivity contribution in [2.45, 2.75) is 4.34 Å². The van der Waals surface area contributed by atoms with E-state index >= 15 is 0 Å². The van der Waals surface area contributed by atoms with Crippen molar-refractivity contribution in [2.24, 2.45) is 0 Å². The van der Waals surface area contributed by atoms with Crippen molar-refractivity contribution >= 4 is 28.9 Å². The van der Waals surface area contributed by atoms with Crippen molar-refractivity contribution < 1.29 is 23.8 Å². The van der Waals surface area contributed by atoms with Crippen LogP contribution in [0, 0.1) is 0 Å². The van der Waals surface area contributed by atoms with E-state index in [-0.39, 0.29) is 17.2 Å². The second kappa shape index (κ2) is 8.46. The van der Waals surface area contributed by atoms with E-state index in [9.17, 15) is 9.90 Å². The summed E-state index contributed by atoms with van der Waals surface area (Å²) in [5, 5.41) is 17.7. The largest absolute Gasteiger partial charge is 0.539 e. The fourth-order valence-corrected chi connectivity index (χ4v) is 4.34. The van der Waals surface area contributed by atoms with E-state index < -0.39 is 5.95 Å². The standard InChI is InChI=1S/C20H15N3O4S2/c1-26-15-9-7-14(8-10-15)23-18(19(25)27-22-23)17(24)12-29-20-21-16(11-28-20)13-5-3-2-4-6-13/h2-11H,12H2,1H3. The van der Waals surface area contributed by atoms with Gasteiger partial charge in [0.05, 0.1) is 23.8 Å². The van der Waals surface area contributed by atoms with Gasteiger partial charge in [-0.25, -0.2) is 4.98 Å². The molecule has 2 aromatic heterocycles. The van der Waals surface area contributed by atoms with Crippen LogP contribution in [0.15, 0.2) is 68.8 Å². The Morgan fingerprint density at radius 2 is 1.97 bits per heavy atom. The summed E-state index contributed by atoms with van der Waals surface area (Å²) in [4.78, 5) is 17.3. The highest BCUT2D eigenvalue weighted by atomic mass is 32.2. The fourth-order valence-electron chi connectivity index (χ4n) is 2.64. The van der Waals surface area contributed by atoms with Gasteiger partial charge in [0.2, 0.25) is 11.5 Å². The van der Waals surface area contributed by atoms with Crippen molar-refractivity contribution in [3.63, 3.8) is 0 Å². The Balaban J connectivity index is 1.49.